The predicted octanol–water partition coefficient (Wildman–Crippen LogP) is 30.3. The molecule has 1 fully saturated rings. The van der Waals surface area contributed by atoms with E-state index in [0.29, 0.717) is 28.2 Å². The number of halogens is 8. The van der Waals surface area contributed by atoms with Crippen LogP contribution in [0.1, 0.15) is 122 Å². The van der Waals surface area contributed by atoms with Crippen molar-refractivity contribution in [3.05, 3.63) is 397 Å². The van der Waals surface area contributed by atoms with Crippen molar-refractivity contribution >= 4 is 151 Å². The Morgan fingerprint density at radius 1 is 0.291 bits per heavy atom. The highest BCUT2D eigenvalue weighted by Gasteiger charge is 2.21. The molecule has 0 unspecified atom stereocenters. The third kappa shape index (κ3) is 31.6. The molecule has 0 aliphatic heterocycles. The van der Waals surface area contributed by atoms with Gasteiger partial charge < -0.3 is 4.74 Å². The fourth-order valence-corrected chi connectivity index (χ4v) is 12.7. The van der Waals surface area contributed by atoms with Crippen LogP contribution in [-0.4, -0.2) is 38.1 Å². The zero-order chi connectivity index (χ0) is 91.0. The van der Waals surface area contributed by atoms with E-state index in [9.17, 15) is 35.1 Å². The average molecular weight is 1790 g/mol. The lowest BCUT2D eigenvalue weighted by Crippen LogP contribution is -2.10. The molecule has 13 aromatic rings. The molecule has 0 saturated heterocycles. The van der Waals surface area contributed by atoms with E-state index >= 15 is 0 Å². The van der Waals surface area contributed by atoms with Crippen LogP contribution in [0.2, 0.25) is 0 Å². The Bertz CT molecular complexity index is 6610. The minimum Gasteiger partial charge on any atom is -0.497 e. The van der Waals surface area contributed by atoms with E-state index in [1.165, 1.54) is 84.8 Å². The first-order valence-electron chi connectivity index (χ1n) is 39.0. The lowest BCUT2D eigenvalue weighted by Gasteiger charge is -2.26. The summed E-state index contributed by atoms with van der Waals surface area (Å²) >= 11 is 26.8. The van der Waals surface area contributed by atoms with Crippen molar-refractivity contribution in [2.45, 2.75) is 66.2 Å². The number of aryl methyl sites for hydroxylation is 4. The molecular weight excluding hydrogens is 1720 g/mol. The van der Waals surface area contributed by atoms with Gasteiger partial charge in [0.2, 0.25) is 0 Å². The van der Waals surface area contributed by atoms with Crippen LogP contribution in [0.5, 0.6) is 5.75 Å². The molecule has 626 valence electrons. The lowest BCUT2D eigenvalue weighted by atomic mass is 9.79. The van der Waals surface area contributed by atoms with Gasteiger partial charge in [-0.1, -0.05) is 199 Å². The molecule has 7 nitrogen and oxygen atoms in total. The van der Waals surface area contributed by atoms with Crippen LogP contribution in [0.3, 0.4) is 0 Å². The number of isothiocyanates is 6. The van der Waals surface area contributed by atoms with Crippen LogP contribution >= 0.6 is 73.3 Å². The summed E-state index contributed by atoms with van der Waals surface area (Å²) in [4.78, 5) is 21.8. The van der Waals surface area contributed by atoms with Crippen LogP contribution in [0.4, 0.5) is 69.2 Å². The van der Waals surface area contributed by atoms with E-state index < -0.39 is 52.2 Å². The van der Waals surface area contributed by atoms with Gasteiger partial charge in [0.15, 0.2) is 29.1 Å². The summed E-state index contributed by atoms with van der Waals surface area (Å²) in [5, 5.41) is 12.9. The summed E-state index contributed by atoms with van der Waals surface area (Å²) in [5.74, 6) is 20.0. The molecule has 127 heavy (non-hydrogen) atoms. The standard InChI is InChI=1S/C22H13F2NS.C20H19F2NS.C16H9F2NS.C16H12FNOS.C16H10FNS.C16H11NS/c1-15-12-21(23)20(22(24)13-15)11-4-16-2-5-17(6-3-16)18-7-9-19(10-8-18)25-14-26;1-13-2-4-14(5-3-13)15-6-8-16(9-7-15)17-10-18(21)20(23-12-24)19(22)11-17;1-11-2-4-12(5-3-11)6-7-13-8-14(17)16(19-10-20)15(18)9-13;1-19-14-7-4-12(5-8-14)2-3-13-6-9-16(18-11-20)15(17)10-13;1-12-2-4-13(5-3-12)6-7-14-8-9-16(18-11-19)15(17)10-14;1-13-2-4-14(5-3-13)6-7-15-8-10-16(11-9-15)17-12-18/h2-3,5-10,12-13H,1H3;6-11,13-14H,2-5H2,1H3;2-5,8-9H,1H3;2-10H,1H3;2-5,8-10H,1H3;2-5,8-11H,1H3. The number of hydrogen-bond acceptors (Lipinski definition) is 13. The van der Waals surface area contributed by atoms with Crippen LogP contribution in [0, 0.1) is 128 Å². The fourth-order valence-electron chi connectivity index (χ4n) is 12.1. The van der Waals surface area contributed by atoms with Gasteiger partial charge >= 0.3 is 0 Å². The summed E-state index contributed by atoms with van der Waals surface area (Å²) in [6.07, 6.45) is 8.70. The summed E-state index contributed by atoms with van der Waals surface area (Å²) in [6.45, 7) is 9.99. The van der Waals surface area contributed by atoms with E-state index in [0.717, 1.165) is 90.8 Å². The van der Waals surface area contributed by atoms with Gasteiger partial charge in [0.25, 0.3) is 0 Å². The largest absolute Gasteiger partial charge is 0.497 e. The maximum absolute atomic E-state index is 14.0. The van der Waals surface area contributed by atoms with Gasteiger partial charge in [-0.15, -0.1) is 0 Å². The quantitative estimate of drug-likeness (QED) is 0.0396. The van der Waals surface area contributed by atoms with Gasteiger partial charge in [-0.25, -0.2) is 35.1 Å². The molecule has 0 bridgehead atoms. The molecule has 1 aliphatic rings. The van der Waals surface area contributed by atoms with Gasteiger partial charge in [0.1, 0.15) is 46.0 Å². The number of benzene rings is 13. The first-order chi connectivity index (χ1) is 61.4. The Morgan fingerprint density at radius 3 is 1.05 bits per heavy atom. The summed E-state index contributed by atoms with van der Waals surface area (Å²) in [7, 11) is 1.62. The van der Waals surface area contributed by atoms with E-state index in [2.05, 4.69) is 209 Å². The molecule has 1 saturated carbocycles. The molecule has 21 heteroatoms. The van der Waals surface area contributed by atoms with Crippen molar-refractivity contribution in [3.8, 4) is 75.4 Å². The number of aliphatic imine (C=N–C) groups is 6. The van der Waals surface area contributed by atoms with Crippen molar-refractivity contribution in [1.82, 2.24) is 0 Å². The van der Waals surface area contributed by atoms with Gasteiger partial charge in [-0.2, -0.15) is 30.0 Å². The van der Waals surface area contributed by atoms with Gasteiger partial charge in [0.05, 0.1) is 55.0 Å². The molecule has 1 aliphatic carbocycles. The maximum Gasteiger partial charge on any atom is 0.153 e. The molecule has 0 heterocycles. The summed E-state index contributed by atoms with van der Waals surface area (Å²) in [6, 6.07) is 78.4. The van der Waals surface area contributed by atoms with Crippen molar-refractivity contribution in [2.24, 2.45) is 35.9 Å². The highest BCUT2D eigenvalue weighted by molar-refractivity contribution is 7.79. The number of rotatable bonds is 12. The third-order valence-corrected chi connectivity index (χ3v) is 19.5. The van der Waals surface area contributed by atoms with Crippen LogP contribution in [0.15, 0.2) is 297 Å². The fraction of sp³-hybridized carbons (Fsp3) is 0.113. The normalized spacial score (nSPS) is 11.6. The van der Waals surface area contributed by atoms with E-state index in [1.807, 2.05) is 206 Å². The van der Waals surface area contributed by atoms with Crippen molar-refractivity contribution in [1.29, 1.82) is 0 Å². The lowest BCUT2D eigenvalue weighted by molar-refractivity contribution is 0.348. The number of ether oxygens (including phenoxy) is 1. The summed E-state index contributed by atoms with van der Waals surface area (Å²) in [5.41, 5.74) is 16.5. The van der Waals surface area contributed by atoms with Crippen molar-refractivity contribution < 1.29 is 39.9 Å². The molecule has 0 atom stereocenters. The second-order valence-electron chi connectivity index (χ2n) is 28.2. The number of methoxy groups -OCH3 is 1. The Balaban J connectivity index is 0.000000173. The second-order valence-corrected chi connectivity index (χ2v) is 29.3. The second kappa shape index (κ2) is 50.6. The van der Waals surface area contributed by atoms with E-state index in [1.54, 1.807) is 32.2 Å². The molecule has 0 spiro atoms. The molecule has 0 aromatic heterocycles. The van der Waals surface area contributed by atoms with Crippen LogP contribution < -0.4 is 4.74 Å². The van der Waals surface area contributed by atoms with Crippen LogP contribution in [0.25, 0.3) is 34.4 Å². The first kappa shape index (κ1) is 96.7. The average Bonchev–Trinajstić information content (AvgIpc) is 0.811. The van der Waals surface area contributed by atoms with Crippen molar-refractivity contribution in [3.63, 3.8) is 0 Å². The minimum atomic E-state index is -0.810. The highest BCUT2D eigenvalue weighted by atomic mass is 32.1. The molecule has 14 rings (SSSR count). The Hall–Kier alpha value is -14.1. The molecule has 0 radical (unpaired) electrons. The third-order valence-electron chi connectivity index (χ3n) is 18.9. The summed E-state index contributed by atoms with van der Waals surface area (Å²) < 4.78 is 115. The smallest absolute Gasteiger partial charge is 0.153 e. The first-order valence-corrected chi connectivity index (χ1v) is 41.4. The number of hydrogen-bond donors (Lipinski definition) is 0. The maximum atomic E-state index is 14.0. The Kier molecular flexibility index (Phi) is 38.5. The van der Waals surface area contributed by atoms with Gasteiger partial charge in [-0.05, 0) is 334 Å². The Labute approximate surface area is 766 Å². The van der Waals surface area contributed by atoms with Gasteiger partial charge in [0, 0.05) is 38.9 Å². The van der Waals surface area contributed by atoms with E-state index in [-0.39, 0.29) is 28.2 Å². The molecule has 0 amide bonds. The van der Waals surface area contributed by atoms with Crippen LogP contribution in [-0.2, 0) is 0 Å². The molecular formula is C106H74F8N6OS6. The topological polar surface area (TPSA) is 83.4 Å². The van der Waals surface area contributed by atoms with E-state index in [4.69, 9.17) is 4.74 Å². The van der Waals surface area contributed by atoms with Crippen molar-refractivity contribution in [2.75, 3.05) is 7.11 Å². The number of thiocarbonyl (C=S) groups is 6. The monoisotopic (exact) mass is 1790 g/mol. The zero-order valence-corrected chi connectivity index (χ0v) is 74.0. The SMILES string of the molecule is CC1CCC(c2ccc(-c3cc(F)c(N=C=S)c(F)c3)cc2)CC1.COc1ccc(C=Cc2ccc(N=C=S)c(F)c2)cc1.Cc1cc(F)c(C#Cc2ccc(-c3ccc(N=C=S)cc3)cc2)c(F)c1.Cc1ccc(C#Cc2cc(F)c(N=C=S)c(F)c2)cc1.Cc1ccc(C#Cc2ccc(N=C=S)c(F)c2)cc1.Cc1ccc(C#Cc2ccc(N=C=S)cc2)cc1. The zero-order valence-electron chi connectivity index (χ0n) is 69.1. The highest BCUT2D eigenvalue weighted by Crippen LogP contribution is 2.38. The minimum absolute atomic E-state index is 0.177. The predicted molar refractivity (Wildman–Crippen MR) is 518 cm³/mol. The molecule has 13 aromatic carbocycles. The van der Waals surface area contributed by atoms with Gasteiger partial charge in [-0.3, -0.25) is 0 Å². The number of nitrogens with zero attached hydrogens (tertiary/aromatic N) is 6. The Morgan fingerprint density at radius 2 is 0.622 bits per heavy atom. The molecule has 0 N–H and O–H groups in total.